The van der Waals surface area contributed by atoms with Gasteiger partial charge in [0.2, 0.25) is 0 Å². The van der Waals surface area contributed by atoms with Crippen LogP contribution in [0.3, 0.4) is 0 Å². The molecule has 0 saturated heterocycles. The van der Waals surface area contributed by atoms with Crippen LogP contribution < -0.4 is 0 Å². The molecule has 0 aliphatic heterocycles. The molecule has 0 spiro atoms. The summed E-state index contributed by atoms with van der Waals surface area (Å²) in [5, 5.41) is 4.39. The first-order valence-electron chi connectivity index (χ1n) is 17.8. The van der Waals surface area contributed by atoms with Crippen LogP contribution >= 0.6 is 0 Å². The third kappa shape index (κ3) is 5.54. The van der Waals surface area contributed by atoms with E-state index in [9.17, 15) is 0 Å². The van der Waals surface area contributed by atoms with Crippen molar-refractivity contribution in [1.29, 1.82) is 0 Å². The SMILES string of the molecule is c1ccc(-c2ccc3c(c2)oc2cccc(-c4nc(-c5ccccc5)nc(-c5ccc(-c6ccccc6)c(-c6cccc7ccccc67)c5)n4)c23)cc1. The average Bonchev–Trinajstić information content (AvgIpc) is 3.62. The predicted molar refractivity (Wildman–Crippen MR) is 217 cm³/mol. The summed E-state index contributed by atoms with van der Waals surface area (Å²) < 4.78 is 6.49. The maximum atomic E-state index is 6.49. The number of furan rings is 1. The Morgan fingerprint density at radius 2 is 0.906 bits per heavy atom. The highest BCUT2D eigenvalue weighted by Gasteiger charge is 2.20. The second-order valence-electron chi connectivity index (χ2n) is 13.2. The predicted octanol–water partition coefficient (Wildman–Crippen LogP) is 12.9. The maximum Gasteiger partial charge on any atom is 0.164 e. The van der Waals surface area contributed by atoms with E-state index in [0.717, 1.165) is 72.0 Å². The number of nitrogens with zero attached hydrogens (tertiary/aromatic N) is 3. The van der Waals surface area contributed by atoms with Gasteiger partial charge in [-0.2, -0.15) is 0 Å². The summed E-state index contributed by atoms with van der Waals surface area (Å²) in [7, 11) is 0. The monoisotopic (exact) mass is 677 g/mol. The standard InChI is InChI=1S/C49H31N3O/c1-4-14-32(15-5-1)36-26-29-41-45(31-36)53-44-25-13-24-42(46(41)44)49-51-47(35-19-8-3-9-20-35)50-48(52-49)37-27-28-39(33-16-6-2-7-17-33)43(30-37)40-23-12-21-34-18-10-11-22-38(34)40/h1-31H. The van der Waals surface area contributed by atoms with Gasteiger partial charge in [0.1, 0.15) is 11.2 Å². The molecule has 0 N–H and O–H groups in total. The zero-order valence-electron chi connectivity index (χ0n) is 28.6. The molecule has 0 amide bonds. The van der Waals surface area contributed by atoms with Crippen LogP contribution in [0.15, 0.2) is 192 Å². The Bertz CT molecular complexity index is 2930. The van der Waals surface area contributed by atoms with Crippen molar-refractivity contribution < 1.29 is 4.42 Å². The first kappa shape index (κ1) is 30.6. The molecule has 10 aromatic rings. The lowest BCUT2D eigenvalue weighted by molar-refractivity contribution is 0.669. The summed E-state index contributed by atoms with van der Waals surface area (Å²) in [5.41, 5.74) is 11.2. The van der Waals surface area contributed by atoms with Gasteiger partial charge in [-0.15, -0.1) is 0 Å². The Kier molecular flexibility index (Phi) is 7.43. The Morgan fingerprint density at radius 3 is 1.70 bits per heavy atom. The Balaban J connectivity index is 1.19. The molecular weight excluding hydrogens is 647 g/mol. The van der Waals surface area contributed by atoms with Gasteiger partial charge in [-0.25, -0.2) is 15.0 Å². The number of rotatable bonds is 6. The molecular formula is C49H31N3O. The molecule has 0 aliphatic rings. The van der Waals surface area contributed by atoms with Crippen molar-refractivity contribution in [2.45, 2.75) is 0 Å². The van der Waals surface area contributed by atoms with E-state index in [4.69, 9.17) is 19.4 Å². The summed E-state index contributed by atoms with van der Waals surface area (Å²) >= 11 is 0. The second kappa shape index (κ2) is 12.9. The summed E-state index contributed by atoms with van der Waals surface area (Å²) in [4.78, 5) is 15.5. The van der Waals surface area contributed by atoms with E-state index in [1.807, 2.05) is 48.5 Å². The lowest BCUT2D eigenvalue weighted by Gasteiger charge is -2.15. The first-order chi connectivity index (χ1) is 26.3. The highest BCUT2D eigenvalue weighted by Crippen LogP contribution is 2.41. The van der Waals surface area contributed by atoms with E-state index in [0.29, 0.717) is 17.5 Å². The van der Waals surface area contributed by atoms with Crippen molar-refractivity contribution in [3.8, 4) is 67.5 Å². The summed E-state index contributed by atoms with van der Waals surface area (Å²) in [6.45, 7) is 0. The average molecular weight is 678 g/mol. The number of aromatic nitrogens is 3. The van der Waals surface area contributed by atoms with E-state index in [1.54, 1.807) is 0 Å². The van der Waals surface area contributed by atoms with Gasteiger partial charge in [0.15, 0.2) is 17.5 Å². The van der Waals surface area contributed by atoms with Gasteiger partial charge < -0.3 is 4.42 Å². The molecule has 2 aromatic heterocycles. The number of hydrogen-bond acceptors (Lipinski definition) is 4. The molecule has 248 valence electrons. The van der Waals surface area contributed by atoms with Crippen molar-refractivity contribution >= 4 is 32.7 Å². The van der Waals surface area contributed by atoms with Crippen LogP contribution in [-0.4, -0.2) is 15.0 Å². The Labute approximate surface area is 306 Å². The number of fused-ring (bicyclic) bond motifs is 4. The van der Waals surface area contributed by atoms with Crippen LogP contribution in [0.5, 0.6) is 0 Å². The Morgan fingerprint density at radius 1 is 0.302 bits per heavy atom. The number of benzene rings is 8. The van der Waals surface area contributed by atoms with Gasteiger partial charge in [-0.05, 0) is 68.4 Å². The molecule has 2 heterocycles. The van der Waals surface area contributed by atoms with Gasteiger partial charge in [0.05, 0.1) is 0 Å². The third-order valence-electron chi connectivity index (χ3n) is 9.95. The quantitative estimate of drug-likeness (QED) is 0.176. The van der Waals surface area contributed by atoms with Gasteiger partial charge in [0, 0.05) is 27.5 Å². The van der Waals surface area contributed by atoms with Crippen molar-refractivity contribution in [1.82, 2.24) is 15.0 Å². The minimum Gasteiger partial charge on any atom is -0.456 e. The maximum absolute atomic E-state index is 6.49. The Hall–Kier alpha value is -7.17. The fraction of sp³-hybridized carbons (Fsp3) is 0. The van der Waals surface area contributed by atoms with Crippen LogP contribution in [0.25, 0.3) is 100 Å². The van der Waals surface area contributed by atoms with Crippen LogP contribution in [-0.2, 0) is 0 Å². The number of hydrogen-bond donors (Lipinski definition) is 0. The lowest BCUT2D eigenvalue weighted by Crippen LogP contribution is -2.01. The van der Waals surface area contributed by atoms with E-state index in [1.165, 1.54) is 10.8 Å². The highest BCUT2D eigenvalue weighted by atomic mass is 16.3. The fourth-order valence-corrected chi connectivity index (χ4v) is 7.40. The first-order valence-corrected chi connectivity index (χ1v) is 17.8. The minimum atomic E-state index is 0.591. The summed E-state index contributed by atoms with van der Waals surface area (Å²) in [6.07, 6.45) is 0. The lowest BCUT2D eigenvalue weighted by atomic mass is 9.90. The molecule has 0 fully saturated rings. The second-order valence-corrected chi connectivity index (χ2v) is 13.2. The molecule has 4 heteroatoms. The van der Waals surface area contributed by atoms with Crippen molar-refractivity contribution in [3.05, 3.63) is 188 Å². The molecule has 8 aromatic carbocycles. The van der Waals surface area contributed by atoms with Gasteiger partial charge in [0.25, 0.3) is 0 Å². The molecule has 53 heavy (non-hydrogen) atoms. The zero-order chi connectivity index (χ0) is 35.1. The molecule has 0 aliphatic carbocycles. The molecule has 0 saturated carbocycles. The molecule has 0 atom stereocenters. The molecule has 0 radical (unpaired) electrons. The van der Waals surface area contributed by atoms with E-state index >= 15 is 0 Å². The largest absolute Gasteiger partial charge is 0.456 e. The van der Waals surface area contributed by atoms with Gasteiger partial charge in [-0.1, -0.05) is 164 Å². The normalized spacial score (nSPS) is 11.4. The van der Waals surface area contributed by atoms with Gasteiger partial charge >= 0.3 is 0 Å². The van der Waals surface area contributed by atoms with Crippen molar-refractivity contribution in [2.24, 2.45) is 0 Å². The van der Waals surface area contributed by atoms with Crippen LogP contribution in [0.1, 0.15) is 0 Å². The van der Waals surface area contributed by atoms with Crippen LogP contribution in [0, 0.1) is 0 Å². The topological polar surface area (TPSA) is 51.8 Å². The van der Waals surface area contributed by atoms with Crippen LogP contribution in [0.4, 0.5) is 0 Å². The summed E-state index contributed by atoms with van der Waals surface area (Å²) in [5.74, 6) is 1.81. The van der Waals surface area contributed by atoms with E-state index < -0.39 is 0 Å². The fourth-order valence-electron chi connectivity index (χ4n) is 7.40. The van der Waals surface area contributed by atoms with Crippen molar-refractivity contribution in [3.63, 3.8) is 0 Å². The highest BCUT2D eigenvalue weighted by molar-refractivity contribution is 6.12. The molecule has 0 unspecified atom stereocenters. The van der Waals surface area contributed by atoms with E-state index in [-0.39, 0.29) is 0 Å². The minimum absolute atomic E-state index is 0.591. The third-order valence-corrected chi connectivity index (χ3v) is 9.95. The zero-order valence-corrected chi connectivity index (χ0v) is 28.6. The van der Waals surface area contributed by atoms with Gasteiger partial charge in [-0.3, -0.25) is 0 Å². The summed E-state index contributed by atoms with van der Waals surface area (Å²) in [6, 6.07) is 65.2. The van der Waals surface area contributed by atoms with E-state index in [2.05, 4.69) is 140 Å². The molecule has 10 rings (SSSR count). The van der Waals surface area contributed by atoms with Crippen molar-refractivity contribution in [2.75, 3.05) is 0 Å². The molecule has 4 nitrogen and oxygen atoms in total. The van der Waals surface area contributed by atoms with Crippen LogP contribution in [0.2, 0.25) is 0 Å². The smallest absolute Gasteiger partial charge is 0.164 e. The molecule has 0 bridgehead atoms.